The molecule has 36 heavy (non-hydrogen) atoms. The van der Waals surface area contributed by atoms with E-state index in [9.17, 15) is 23.1 Å². The van der Waals surface area contributed by atoms with Crippen molar-refractivity contribution in [2.24, 2.45) is 5.92 Å². The maximum Gasteiger partial charge on any atom is 0.264 e. The highest BCUT2D eigenvalue weighted by atomic mass is 32.2. The Morgan fingerprint density at radius 3 is 2.56 bits per heavy atom. The van der Waals surface area contributed by atoms with Gasteiger partial charge in [0.2, 0.25) is 15.9 Å². The molecule has 11 nitrogen and oxygen atoms in total. The second kappa shape index (κ2) is 9.41. The Kier molecular flexibility index (Phi) is 6.43. The van der Waals surface area contributed by atoms with Crippen molar-refractivity contribution in [2.75, 3.05) is 18.8 Å². The van der Waals surface area contributed by atoms with E-state index in [0.717, 1.165) is 5.69 Å². The van der Waals surface area contributed by atoms with Crippen LogP contribution in [-0.4, -0.2) is 74.1 Å². The molecule has 1 aromatic carbocycles. The van der Waals surface area contributed by atoms with E-state index < -0.39 is 15.6 Å². The Hall–Kier alpha value is -3.09. The number of amides is 1. The number of fused-ring (bicyclic) bond motifs is 1. The summed E-state index contributed by atoms with van der Waals surface area (Å²) < 4.78 is 29.0. The molecule has 3 heterocycles. The molecule has 0 radical (unpaired) electrons. The molecule has 2 N–H and O–H groups in total. The van der Waals surface area contributed by atoms with E-state index in [4.69, 9.17) is 0 Å². The van der Waals surface area contributed by atoms with E-state index in [0.29, 0.717) is 49.8 Å². The maximum atomic E-state index is 13.1. The number of likely N-dealkylation sites (tertiary alicyclic amines) is 1. The molecule has 2 aliphatic rings. The van der Waals surface area contributed by atoms with E-state index in [1.165, 1.54) is 17.1 Å². The molecule has 1 amide bonds. The van der Waals surface area contributed by atoms with Crippen LogP contribution in [-0.2, 0) is 21.4 Å². The van der Waals surface area contributed by atoms with Gasteiger partial charge in [0.15, 0.2) is 5.65 Å². The molecule has 1 saturated heterocycles. The normalized spacial score (nSPS) is 21.9. The lowest BCUT2D eigenvalue weighted by molar-refractivity contribution is -0.143. The second-order valence-electron chi connectivity index (χ2n) is 9.74. The molecule has 192 valence electrons. The smallest absolute Gasteiger partial charge is 0.264 e. The summed E-state index contributed by atoms with van der Waals surface area (Å²) >= 11 is 0. The van der Waals surface area contributed by atoms with Crippen molar-refractivity contribution < 1.29 is 18.3 Å². The number of carbonyl (C=O) groups excluding carboxylic acids is 1. The van der Waals surface area contributed by atoms with Gasteiger partial charge in [-0.15, -0.1) is 0 Å². The summed E-state index contributed by atoms with van der Waals surface area (Å²) in [4.78, 5) is 32.1. The van der Waals surface area contributed by atoms with Crippen molar-refractivity contribution in [1.29, 1.82) is 0 Å². The highest BCUT2D eigenvalue weighted by molar-refractivity contribution is 7.89. The van der Waals surface area contributed by atoms with Crippen molar-refractivity contribution >= 4 is 27.0 Å². The van der Waals surface area contributed by atoms with Gasteiger partial charge in [-0.2, -0.15) is 5.10 Å². The summed E-state index contributed by atoms with van der Waals surface area (Å²) in [6.07, 6.45) is 4.60. The van der Waals surface area contributed by atoms with Crippen LogP contribution in [0.5, 0.6) is 0 Å². The summed E-state index contributed by atoms with van der Waals surface area (Å²) in [5.74, 6) is -0.179. The van der Waals surface area contributed by atoms with Crippen LogP contribution in [0, 0.1) is 5.92 Å². The van der Waals surface area contributed by atoms with Crippen LogP contribution < -0.4 is 10.3 Å². The number of benzene rings is 1. The Morgan fingerprint density at radius 1 is 1.19 bits per heavy atom. The molecule has 0 bridgehead atoms. The number of hydrogen-bond donors (Lipinski definition) is 2. The quantitative estimate of drug-likeness (QED) is 0.472. The Labute approximate surface area is 208 Å². The lowest BCUT2D eigenvalue weighted by Gasteiger charge is -2.42. The van der Waals surface area contributed by atoms with Crippen LogP contribution in [0.2, 0.25) is 0 Å². The number of hydrogen-bond acceptors (Lipinski definition) is 7. The average molecular weight is 515 g/mol. The van der Waals surface area contributed by atoms with Gasteiger partial charge in [0.05, 0.1) is 29.8 Å². The van der Waals surface area contributed by atoms with E-state index in [1.54, 1.807) is 16.5 Å². The van der Waals surface area contributed by atoms with Crippen LogP contribution >= 0.6 is 0 Å². The third kappa shape index (κ3) is 4.80. The van der Waals surface area contributed by atoms with Gasteiger partial charge in [-0.3, -0.25) is 14.2 Å². The van der Waals surface area contributed by atoms with Crippen LogP contribution in [0.15, 0.2) is 47.7 Å². The minimum Gasteiger partial charge on any atom is -0.388 e. The van der Waals surface area contributed by atoms with E-state index in [-0.39, 0.29) is 35.7 Å². The van der Waals surface area contributed by atoms with Gasteiger partial charge in [0, 0.05) is 25.0 Å². The molecule has 1 aliphatic heterocycles. The van der Waals surface area contributed by atoms with Crippen LogP contribution in [0.4, 0.5) is 0 Å². The summed E-state index contributed by atoms with van der Waals surface area (Å²) in [5.41, 5.74) is -0.156. The molecular formula is C24H30N6O5S. The number of sulfonamides is 1. The zero-order valence-electron chi connectivity index (χ0n) is 20.1. The molecule has 12 heteroatoms. The van der Waals surface area contributed by atoms with Gasteiger partial charge in [-0.1, -0.05) is 18.2 Å². The summed E-state index contributed by atoms with van der Waals surface area (Å²) in [6, 6.07) is 9.23. The number of rotatable bonds is 7. The van der Waals surface area contributed by atoms with Gasteiger partial charge in [0.1, 0.15) is 11.7 Å². The van der Waals surface area contributed by atoms with Crippen LogP contribution in [0.1, 0.15) is 32.6 Å². The Balaban J connectivity index is 1.20. The number of para-hydroxylation sites is 1. The third-order valence-corrected chi connectivity index (χ3v) is 8.69. The largest absolute Gasteiger partial charge is 0.388 e. The van der Waals surface area contributed by atoms with Gasteiger partial charge < -0.3 is 10.0 Å². The molecule has 0 unspecified atom stereocenters. The minimum atomic E-state index is -3.28. The monoisotopic (exact) mass is 514 g/mol. The lowest BCUT2D eigenvalue weighted by Crippen LogP contribution is -2.54. The number of aliphatic hydroxyl groups is 1. The topological polar surface area (TPSA) is 139 Å². The number of aromatic nitrogens is 4. The third-order valence-electron chi connectivity index (χ3n) is 7.24. The molecule has 2 fully saturated rings. The summed E-state index contributed by atoms with van der Waals surface area (Å²) in [5, 5.41) is 15.9. The fourth-order valence-electron chi connectivity index (χ4n) is 4.95. The minimum absolute atomic E-state index is 0.00224. The van der Waals surface area contributed by atoms with Gasteiger partial charge in [0.25, 0.3) is 5.56 Å². The highest BCUT2D eigenvalue weighted by Crippen LogP contribution is 2.32. The number of carbonyl (C=O) groups is 1. The standard InChI is InChI=1S/C24H30N6O5S/c1-2-36(34,35)27-18-12-17(13-18)22(31)28-10-8-24(33,9-11-28)15-29-16-25-21-20(23(29)32)14-26-30(21)19-6-4-3-5-7-19/h3-7,14,16-18,27,33H,2,8-13,15H2,1H3/t17-,18-. The first-order chi connectivity index (χ1) is 17.2. The maximum absolute atomic E-state index is 13.1. The number of nitrogens with one attached hydrogen (secondary N) is 1. The molecule has 2 aromatic heterocycles. The molecule has 1 saturated carbocycles. The van der Waals surface area contributed by atoms with Gasteiger partial charge in [-0.05, 0) is 44.7 Å². The lowest BCUT2D eigenvalue weighted by atomic mass is 9.79. The zero-order chi connectivity index (χ0) is 25.5. The van der Waals surface area contributed by atoms with Crippen LogP contribution in [0.25, 0.3) is 16.7 Å². The first-order valence-electron chi connectivity index (χ1n) is 12.2. The molecule has 0 atom stereocenters. The summed E-state index contributed by atoms with van der Waals surface area (Å²) in [6.45, 7) is 2.43. The van der Waals surface area contributed by atoms with Crippen molar-refractivity contribution in [3.05, 3.63) is 53.2 Å². The average Bonchev–Trinajstić information content (AvgIpc) is 3.28. The number of piperidine rings is 1. The van der Waals surface area contributed by atoms with Crippen molar-refractivity contribution in [1.82, 2.24) is 29.0 Å². The predicted molar refractivity (Wildman–Crippen MR) is 133 cm³/mol. The molecular weight excluding hydrogens is 484 g/mol. The molecule has 5 rings (SSSR count). The number of nitrogens with zero attached hydrogens (tertiary/aromatic N) is 5. The first kappa shape index (κ1) is 24.6. The SMILES string of the molecule is CCS(=O)(=O)N[C@H]1C[C@H](C(=O)N2CCC(O)(Cn3cnc4c(cnn4-c4ccccc4)c3=O)CC2)C1. The first-order valence-corrected chi connectivity index (χ1v) is 13.8. The molecule has 1 aliphatic carbocycles. The highest BCUT2D eigenvalue weighted by Gasteiger charge is 2.41. The zero-order valence-corrected chi connectivity index (χ0v) is 20.9. The fraction of sp³-hybridized carbons (Fsp3) is 0.500. The predicted octanol–water partition coefficient (Wildman–Crippen LogP) is 0.654. The van der Waals surface area contributed by atoms with Crippen molar-refractivity contribution in [2.45, 2.75) is 50.8 Å². The molecule has 0 spiro atoms. The van der Waals surface area contributed by atoms with Crippen LogP contribution in [0.3, 0.4) is 0 Å². The Bertz CT molecular complexity index is 1420. The van der Waals surface area contributed by atoms with Gasteiger partial charge in [-0.25, -0.2) is 22.8 Å². The van der Waals surface area contributed by atoms with E-state index in [2.05, 4.69) is 14.8 Å². The van der Waals surface area contributed by atoms with Crippen molar-refractivity contribution in [3.8, 4) is 5.69 Å². The second-order valence-corrected chi connectivity index (χ2v) is 11.8. The molecule has 3 aromatic rings. The van der Waals surface area contributed by atoms with E-state index in [1.807, 2.05) is 30.3 Å². The van der Waals surface area contributed by atoms with E-state index >= 15 is 0 Å². The van der Waals surface area contributed by atoms with Gasteiger partial charge >= 0.3 is 0 Å². The summed E-state index contributed by atoms with van der Waals surface area (Å²) in [7, 11) is -3.28. The Morgan fingerprint density at radius 2 is 1.89 bits per heavy atom. The fourth-order valence-corrected chi connectivity index (χ4v) is 5.82. The van der Waals surface area contributed by atoms with Crippen molar-refractivity contribution in [3.63, 3.8) is 0 Å².